The normalized spacial score (nSPS) is 12.9. The molecule has 4 nitrogen and oxygen atoms in total. The Morgan fingerprint density at radius 2 is 2.53 bits per heavy atom. The number of aromatic nitrogens is 2. The van der Waals surface area contributed by atoms with Crippen molar-refractivity contribution in [3.8, 4) is 0 Å². The van der Waals surface area contributed by atoms with Gasteiger partial charge in [-0.25, -0.2) is 10.4 Å². The molecule has 0 aliphatic carbocycles. The van der Waals surface area contributed by atoms with Crippen LogP contribution in [0.15, 0.2) is 28.3 Å². The lowest BCUT2D eigenvalue weighted by atomic mass is 10.2. The first kappa shape index (κ1) is 10.8. The molecule has 80 valence electrons. The molecule has 0 amide bonds. The van der Waals surface area contributed by atoms with Crippen molar-refractivity contribution >= 4 is 27.3 Å². The van der Waals surface area contributed by atoms with Crippen LogP contribution in [0.4, 0.5) is 0 Å². The van der Waals surface area contributed by atoms with E-state index >= 15 is 0 Å². The molecule has 0 spiro atoms. The van der Waals surface area contributed by atoms with Gasteiger partial charge in [0, 0.05) is 33.5 Å². The lowest BCUT2D eigenvalue weighted by molar-refractivity contribution is 0.531. The van der Waals surface area contributed by atoms with E-state index in [9.17, 15) is 0 Å². The zero-order chi connectivity index (χ0) is 10.7. The maximum atomic E-state index is 5.50. The number of H-pyrrole nitrogens is 1. The second kappa shape index (κ2) is 4.89. The van der Waals surface area contributed by atoms with Crippen LogP contribution in [0.1, 0.15) is 16.7 Å². The van der Waals surface area contributed by atoms with E-state index in [0.29, 0.717) is 0 Å². The third-order valence-corrected chi connectivity index (χ3v) is 3.80. The molecule has 1 unspecified atom stereocenters. The highest BCUT2D eigenvalue weighted by molar-refractivity contribution is 9.10. The van der Waals surface area contributed by atoms with Gasteiger partial charge in [-0.1, -0.05) is 0 Å². The predicted octanol–water partition coefficient (Wildman–Crippen LogP) is 1.98. The van der Waals surface area contributed by atoms with Crippen molar-refractivity contribution in [2.75, 3.05) is 0 Å². The second-order valence-electron chi connectivity index (χ2n) is 3.13. The molecule has 2 heterocycles. The van der Waals surface area contributed by atoms with Gasteiger partial charge in [0.05, 0.1) is 6.04 Å². The third-order valence-electron chi connectivity index (χ3n) is 2.08. The van der Waals surface area contributed by atoms with Crippen molar-refractivity contribution in [1.82, 2.24) is 15.4 Å². The average molecular weight is 287 g/mol. The van der Waals surface area contributed by atoms with E-state index < -0.39 is 0 Å². The number of nitrogens with one attached hydrogen (secondary N) is 2. The van der Waals surface area contributed by atoms with Crippen LogP contribution in [0.25, 0.3) is 0 Å². The number of rotatable bonds is 4. The molecule has 2 aromatic rings. The van der Waals surface area contributed by atoms with Crippen molar-refractivity contribution in [3.05, 3.63) is 39.0 Å². The summed E-state index contributed by atoms with van der Waals surface area (Å²) >= 11 is 5.13. The summed E-state index contributed by atoms with van der Waals surface area (Å²) in [5, 5.41) is 2.06. The van der Waals surface area contributed by atoms with E-state index in [-0.39, 0.29) is 6.04 Å². The molecular formula is C9H11BrN4S. The van der Waals surface area contributed by atoms with Gasteiger partial charge < -0.3 is 4.98 Å². The highest BCUT2D eigenvalue weighted by atomic mass is 79.9. The number of hydrogen-bond acceptors (Lipinski definition) is 4. The maximum absolute atomic E-state index is 5.50. The molecule has 0 fully saturated rings. The van der Waals surface area contributed by atoms with E-state index in [4.69, 9.17) is 5.84 Å². The molecular weight excluding hydrogens is 276 g/mol. The minimum Gasteiger partial charge on any atom is -0.347 e. The van der Waals surface area contributed by atoms with Crippen LogP contribution < -0.4 is 11.3 Å². The first-order valence-corrected chi connectivity index (χ1v) is 6.15. The van der Waals surface area contributed by atoms with E-state index in [2.05, 4.69) is 42.8 Å². The van der Waals surface area contributed by atoms with Crippen molar-refractivity contribution in [3.63, 3.8) is 0 Å². The van der Waals surface area contributed by atoms with E-state index in [1.54, 1.807) is 23.7 Å². The van der Waals surface area contributed by atoms with Crippen molar-refractivity contribution < 1.29 is 0 Å². The van der Waals surface area contributed by atoms with Gasteiger partial charge in [-0.15, -0.1) is 11.3 Å². The topological polar surface area (TPSA) is 66.7 Å². The van der Waals surface area contributed by atoms with Crippen molar-refractivity contribution in [1.29, 1.82) is 0 Å². The van der Waals surface area contributed by atoms with Gasteiger partial charge >= 0.3 is 0 Å². The Kier molecular flexibility index (Phi) is 3.53. The van der Waals surface area contributed by atoms with Crippen LogP contribution >= 0.6 is 27.3 Å². The van der Waals surface area contributed by atoms with Gasteiger partial charge in [0.2, 0.25) is 0 Å². The molecule has 0 saturated carbocycles. The molecule has 2 aromatic heterocycles. The first-order valence-electron chi connectivity index (χ1n) is 4.48. The van der Waals surface area contributed by atoms with E-state index in [1.807, 2.05) is 0 Å². The third kappa shape index (κ3) is 2.66. The molecule has 6 heteroatoms. The molecule has 15 heavy (non-hydrogen) atoms. The van der Waals surface area contributed by atoms with Gasteiger partial charge in [0.15, 0.2) is 0 Å². The van der Waals surface area contributed by atoms with Gasteiger partial charge in [-0.2, -0.15) is 0 Å². The number of hydrogen-bond donors (Lipinski definition) is 3. The summed E-state index contributed by atoms with van der Waals surface area (Å²) in [5.74, 6) is 6.36. The zero-order valence-corrected chi connectivity index (χ0v) is 10.3. The van der Waals surface area contributed by atoms with Crippen molar-refractivity contribution in [2.45, 2.75) is 12.5 Å². The Bertz CT molecular complexity index is 411. The molecule has 4 N–H and O–H groups in total. The van der Waals surface area contributed by atoms with Gasteiger partial charge in [-0.05, 0) is 22.0 Å². The summed E-state index contributed by atoms with van der Waals surface area (Å²) in [6.45, 7) is 0. The Hall–Kier alpha value is -0.690. The Morgan fingerprint density at radius 3 is 3.07 bits per heavy atom. The van der Waals surface area contributed by atoms with E-state index in [1.165, 1.54) is 4.88 Å². The fourth-order valence-electron chi connectivity index (χ4n) is 1.36. The molecule has 0 bridgehead atoms. The molecule has 0 aromatic carbocycles. The fourth-order valence-corrected chi connectivity index (χ4v) is 2.86. The van der Waals surface area contributed by atoms with Gasteiger partial charge in [0.1, 0.15) is 5.82 Å². The predicted molar refractivity (Wildman–Crippen MR) is 64.4 cm³/mol. The highest BCUT2D eigenvalue weighted by Gasteiger charge is 2.13. The summed E-state index contributed by atoms with van der Waals surface area (Å²) in [6, 6.07) is 2.13. The second-order valence-corrected chi connectivity index (χ2v) is 5.04. The number of hydrazine groups is 1. The van der Waals surface area contributed by atoms with Gasteiger partial charge in [0.25, 0.3) is 0 Å². The molecule has 0 radical (unpaired) electrons. The SMILES string of the molecule is NNC(Cc1cc(Br)cs1)c1ncc[nH]1. The van der Waals surface area contributed by atoms with Gasteiger partial charge in [-0.3, -0.25) is 5.84 Å². The zero-order valence-electron chi connectivity index (χ0n) is 7.90. The number of halogens is 1. The monoisotopic (exact) mass is 286 g/mol. The molecule has 0 aliphatic rings. The summed E-state index contributed by atoms with van der Waals surface area (Å²) in [4.78, 5) is 8.50. The van der Waals surface area contributed by atoms with Crippen LogP contribution in [0, 0.1) is 0 Å². The number of imidazole rings is 1. The minimum atomic E-state index is 0.0329. The average Bonchev–Trinajstić information content (AvgIpc) is 2.85. The Morgan fingerprint density at radius 1 is 1.67 bits per heavy atom. The standard InChI is InChI=1S/C9H11BrN4S/c10-6-3-7(15-5-6)4-8(14-11)9-12-1-2-13-9/h1-3,5,8,14H,4,11H2,(H,12,13). The number of nitrogens with two attached hydrogens (primary N) is 1. The molecule has 2 rings (SSSR count). The summed E-state index contributed by atoms with van der Waals surface area (Å²) in [5.41, 5.74) is 2.76. The van der Waals surface area contributed by atoms with E-state index in [0.717, 1.165) is 16.7 Å². The Labute approximate surface area is 100 Å². The largest absolute Gasteiger partial charge is 0.347 e. The summed E-state index contributed by atoms with van der Waals surface area (Å²) in [7, 11) is 0. The lowest BCUT2D eigenvalue weighted by Gasteiger charge is -2.11. The fraction of sp³-hybridized carbons (Fsp3) is 0.222. The smallest absolute Gasteiger partial charge is 0.124 e. The lowest BCUT2D eigenvalue weighted by Crippen LogP contribution is -2.30. The summed E-state index contributed by atoms with van der Waals surface area (Å²) < 4.78 is 1.11. The van der Waals surface area contributed by atoms with Crippen LogP contribution in [-0.4, -0.2) is 9.97 Å². The quantitative estimate of drug-likeness (QED) is 0.595. The van der Waals surface area contributed by atoms with Crippen LogP contribution in [0.5, 0.6) is 0 Å². The maximum Gasteiger partial charge on any atom is 0.124 e. The number of nitrogens with zero attached hydrogens (tertiary/aromatic N) is 1. The summed E-state index contributed by atoms with van der Waals surface area (Å²) in [6.07, 6.45) is 4.36. The van der Waals surface area contributed by atoms with Crippen LogP contribution in [-0.2, 0) is 6.42 Å². The Balaban J connectivity index is 2.09. The van der Waals surface area contributed by atoms with Crippen molar-refractivity contribution in [2.24, 2.45) is 5.84 Å². The van der Waals surface area contributed by atoms with Crippen LogP contribution in [0.3, 0.4) is 0 Å². The molecule has 0 saturated heterocycles. The highest BCUT2D eigenvalue weighted by Crippen LogP contribution is 2.23. The first-order chi connectivity index (χ1) is 7.29. The minimum absolute atomic E-state index is 0.0329. The van der Waals surface area contributed by atoms with Crippen LogP contribution in [0.2, 0.25) is 0 Å². The number of aromatic amines is 1. The number of thiophene rings is 1. The molecule has 0 aliphatic heterocycles. The molecule has 1 atom stereocenters.